The number of phenols is 1. The number of ether oxygens (including phenoxy) is 1. The van der Waals surface area contributed by atoms with E-state index in [9.17, 15) is 15.0 Å². The van der Waals surface area contributed by atoms with Crippen LogP contribution in [0.15, 0.2) is 18.2 Å². The third-order valence-corrected chi connectivity index (χ3v) is 7.22. The lowest BCUT2D eigenvalue weighted by Gasteiger charge is -2.50. The van der Waals surface area contributed by atoms with Crippen molar-refractivity contribution in [3.63, 3.8) is 0 Å². The maximum atomic E-state index is 12.1. The smallest absolute Gasteiger partial charge is 0.311 e. The van der Waals surface area contributed by atoms with Gasteiger partial charge in [-0.05, 0) is 78.5 Å². The van der Waals surface area contributed by atoms with Crippen molar-refractivity contribution in [2.45, 2.75) is 51.0 Å². The summed E-state index contributed by atoms with van der Waals surface area (Å²) in [5.74, 6) is 1.04. The van der Waals surface area contributed by atoms with E-state index in [1.54, 1.807) is 6.07 Å². The van der Waals surface area contributed by atoms with Gasteiger partial charge < -0.3 is 14.9 Å². The molecular formula is C20H26O4. The number of carbonyl (C=O) groups is 1. The number of benzene rings is 1. The highest BCUT2D eigenvalue weighted by atomic mass is 16.5. The van der Waals surface area contributed by atoms with Crippen molar-refractivity contribution < 1.29 is 19.7 Å². The Labute approximate surface area is 142 Å². The van der Waals surface area contributed by atoms with Crippen molar-refractivity contribution in [3.05, 3.63) is 29.3 Å². The lowest BCUT2D eigenvalue weighted by molar-refractivity contribution is -0.150. The standard InChI is InChI=1S/C20H26O4/c1-20-8-7-14-13-6-4-12(21)9-11(13)3-5-15(14)17(20)10-16(18(20)22)19(23)24-2/h4,6,9,14-18,21-22H,3,5,7-8,10H2,1-2H3/t14?,15?,16?,17?,18-,20-/m0/s1. The summed E-state index contributed by atoms with van der Waals surface area (Å²) in [4.78, 5) is 12.1. The van der Waals surface area contributed by atoms with Gasteiger partial charge in [0.25, 0.3) is 0 Å². The quantitative estimate of drug-likeness (QED) is 0.777. The summed E-state index contributed by atoms with van der Waals surface area (Å²) in [5.41, 5.74) is 2.44. The van der Waals surface area contributed by atoms with Crippen LogP contribution >= 0.6 is 0 Å². The number of rotatable bonds is 1. The van der Waals surface area contributed by atoms with Gasteiger partial charge in [-0.1, -0.05) is 13.0 Å². The molecule has 4 rings (SSSR count). The van der Waals surface area contributed by atoms with Crippen LogP contribution in [-0.2, 0) is 16.0 Å². The van der Waals surface area contributed by atoms with E-state index in [0.29, 0.717) is 23.5 Å². The molecule has 4 heteroatoms. The monoisotopic (exact) mass is 330 g/mol. The molecule has 2 saturated carbocycles. The van der Waals surface area contributed by atoms with Crippen molar-refractivity contribution in [1.29, 1.82) is 0 Å². The number of hydrogen-bond donors (Lipinski definition) is 2. The predicted molar refractivity (Wildman–Crippen MR) is 89.6 cm³/mol. The third-order valence-electron chi connectivity index (χ3n) is 7.22. The van der Waals surface area contributed by atoms with Crippen LogP contribution in [0.25, 0.3) is 0 Å². The minimum absolute atomic E-state index is 0.186. The second-order valence-electron chi connectivity index (χ2n) is 8.15. The van der Waals surface area contributed by atoms with Gasteiger partial charge in [-0.15, -0.1) is 0 Å². The number of phenolic OH excluding ortho intramolecular Hbond substituents is 1. The number of aromatic hydroxyl groups is 1. The highest BCUT2D eigenvalue weighted by molar-refractivity contribution is 5.73. The normalized spacial score (nSPS) is 40.4. The van der Waals surface area contributed by atoms with E-state index in [-0.39, 0.29) is 17.3 Å². The van der Waals surface area contributed by atoms with Crippen molar-refractivity contribution in [3.8, 4) is 5.75 Å². The molecule has 0 saturated heterocycles. The Kier molecular flexibility index (Phi) is 3.64. The largest absolute Gasteiger partial charge is 0.508 e. The molecule has 1 aromatic rings. The molecule has 24 heavy (non-hydrogen) atoms. The number of aliphatic hydroxyl groups is 1. The van der Waals surface area contributed by atoms with Gasteiger partial charge in [0, 0.05) is 0 Å². The van der Waals surface area contributed by atoms with Crippen LogP contribution in [-0.4, -0.2) is 29.4 Å². The number of methoxy groups -OCH3 is 1. The average Bonchev–Trinajstić information content (AvgIpc) is 2.85. The fraction of sp³-hybridized carbons (Fsp3) is 0.650. The van der Waals surface area contributed by atoms with Crippen LogP contribution in [0.2, 0.25) is 0 Å². The Bertz CT molecular complexity index is 670. The second-order valence-corrected chi connectivity index (χ2v) is 8.15. The Morgan fingerprint density at radius 3 is 2.88 bits per heavy atom. The van der Waals surface area contributed by atoms with Gasteiger partial charge in [0.2, 0.25) is 0 Å². The summed E-state index contributed by atoms with van der Waals surface area (Å²) in [5, 5.41) is 20.6. The Morgan fingerprint density at radius 1 is 1.33 bits per heavy atom. The van der Waals surface area contributed by atoms with Crippen molar-refractivity contribution in [1.82, 2.24) is 0 Å². The number of fused-ring (bicyclic) bond motifs is 5. The van der Waals surface area contributed by atoms with Crippen molar-refractivity contribution >= 4 is 5.97 Å². The van der Waals surface area contributed by atoms with Gasteiger partial charge in [0.05, 0.1) is 19.1 Å². The van der Waals surface area contributed by atoms with E-state index in [1.807, 2.05) is 6.07 Å². The molecule has 6 atom stereocenters. The Morgan fingerprint density at radius 2 is 2.12 bits per heavy atom. The summed E-state index contributed by atoms with van der Waals surface area (Å²) in [6.45, 7) is 2.16. The number of carbonyl (C=O) groups excluding carboxylic acids is 1. The molecule has 3 aliphatic rings. The van der Waals surface area contributed by atoms with Gasteiger partial charge >= 0.3 is 5.97 Å². The van der Waals surface area contributed by atoms with Crippen LogP contribution in [0.4, 0.5) is 0 Å². The van der Waals surface area contributed by atoms with Crippen LogP contribution in [0, 0.1) is 23.2 Å². The van der Waals surface area contributed by atoms with Crippen LogP contribution in [0.5, 0.6) is 5.75 Å². The molecule has 0 heterocycles. The maximum absolute atomic E-state index is 12.1. The summed E-state index contributed by atoms with van der Waals surface area (Å²) in [7, 11) is 1.41. The maximum Gasteiger partial charge on any atom is 0.311 e. The van der Waals surface area contributed by atoms with Gasteiger partial charge in [0.1, 0.15) is 5.75 Å². The molecule has 1 aromatic carbocycles. The molecular weight excluding hydrogens is 304 g/mol. The Hall–Kier alpha value is -1.55. The number of esters is 1. The summed E-state index contributed by atoms with van der Waals surface area (Å²) >= 11 is 0. The fourth-order valence-corrected chi connectivity index (χ4v) is 5.97. The number of hydrogen-bond acceptors (Lipinski definition) is 4. The fourth-order valence-electron chi connectivity index (χ4n) is 5.97. The first-order valence-corrected chi connectivity index (χ1v) is 9.03. The van der Waals surface area contributed by atoms with Crippen molar-refractivity contribution in [2.24, 2.45) is 23.2 Å². The zero-order valence-corrected chi connectivity index (χ0v) is 14.4. The van der Waals surface area contributed by atoms with Gasteiger partial charge in [-0.2, -0.15) is 0 Å². The topological polar surface area (TPSA) is 66.8 Å². The van der Waals surface area contributed by atoms with Crippen LogP contribution < -0.4 is 0 Å². The SMILES string of the molecule is COC(=O)C1CC2C3CCc4cc(O)ccc4C3CC[C@]2(C)[C@H]1O. The molecule has 0 radical (unpaired) electrons. The molecule has 0 amide bonds. The lowest BCUT2D eigenvalue weighted by atomic mass is 9.55. The molecule has 130 valence electrons. The minimum atomic E-state index is -0.600. The van der Waals surface area contributed by atoms with E-state index in [0.717, 1.165) is 32.1 Å². The molecule has 2 fully saturated rings. The zero-order chi connectivity index (χ0) is 17.1. The number of aryl methyl sites for hydroxylation is 1. The summed E-state index contributed by atoms with van der Waals surface area (Å²) in [6, 6.07) is 5.77. The average molecular weight is 330 g/mol. The van der Waals surface area contributed by atoms with E-state index in [2.05, 4.69) is 13.0 Å². The molecule has 4 nitrogen and oxygen atoms in total. The first kappa shape index (κ1) is 15.9. The summed E-state index contributed by atoms with van der Waals surface area (Å²) in [6.07, 6.45) is 4.16. The molecule has 2 N–H and O–H groups in total. The van der Waals surface area contributed by atoms with E-state index >= 15 is 0 Å². The molecule has 0 aliphatic heterocycles. The number of aliphatic hydroxyl groups excluding tert-OH is 1. The summed E-state index contributed by atoms with van der Waals surface area (Å²) < 4.78 is 4.93. The third kappa shape index (κ3) is 2.12. The van der Waals surface area contributed by atoms with E-state index < -0.39 is 6.10 Å². The predicted octanol–water partition coefficient (Wildman–Crippen LogP) is 3.01. The second kappa shape index (κ2) is 5.48. The molecule has 4 unspecified atom stereocenters. The van der Waals surface area contributed by atoms with Crippen LogP contribution in [0.1, 0.15) is 49.7 Å². The van der Waals surface area contributed by atoms with E-state index in [1.165, 1.54) is 18.2 Å². The lowest BCUT2D eigenvalue weighted by Crippen LogP contribution is -2.44. The first-order chi connectivity index (χ1) is 11.5. The highest BCUT2D eigenvalue weighted by Gasteiger charge is 2.59. The van der Waals surface area contributed by atoms with Gasteiger partial charge in [0.15, 0.2) is 0 Å². The zero-order valence-electron chi connectivity index (χ0n) is 14.4. The first-order valence-electron chi connectivity index (χ1n) is 9.03. The molecule has 0 bridgehead atoms. The van der Waals surface area contributed by atoms with E-state index in [4.69, 9.17) is 4.74 Å². The van der Waals surface area contributed by atoms with Gasteiger partial charge in [-0.3, -0.25) is 4.79 Å². The van der Waals surface area contributed by atoms with Crippen molar-refractivity contribution in [2.75, 3.05) is 7.11 Å². The molecule has 0 spiro atoms. The van der Waals surface area contributed by atoms with Crippen LogP contribution in [0.3, 0.4) is 0 Å². The molecule has 3 aliphatic carbocycles. The van der Waals surface area contributed by atoms with Gasteiger partial charge in [-0.25, -0.2) is 0 Å². The molecule has 0 aromatic heterocycles. The highest BCUT2D eigenvalue weighted by Crippen LogP contribution is 2.62. The minimum Gasteiger partial charge on any atom is -0.508 e. The Balaban J connectivity index is 1.67.